The Hall–Kier alpha value is -1.97. The first kappa shape index (κ1) is 15.9. The van der Waals surface area contributed by atoms with Gasteiger partial charge >= 0.3 is 5.88 Å². The molecule has 118 valence electrons. The SMILES string of the molecule is O=[N+]([O-])c1ccc(-c2nnc(SCc3c(F)cccc3Cl)s2)o1. The van der Waals surface area contributed by atoms with Crippen LogP contribution in [0, 0.1) is 15.9 Å². The number of furan rings is 1. The quantitative estimate of drug-likeness (QED) is 0.364. The van der Waals surface area contributed by atoms with Gasteiger partial charge in [-0.2, -0.15) is 0 Å². The van der Waals surface area contributed by atoms with E-state index >= 15 is 0 Å². The number of thioether (sulfide) groups is 1. The maximum absolute atomic E-state index is 13.7. The average Bonchev–Trinajstić information content (AvgIpc) is 3.15. The predicted octanol–water partition coefficient (Wildman–Crippen LogP) is 4.79. The van der Waals surface area contributed by atoms with Crippen LogP contribution in [0.15, 0.2) is 39.1 Å². The molecular weight excluding hydrogens is 365 g/mol. The topological polar surface area (TPSA) is 82.1 Å². The average molecular weight is 372 g/mol. The van der Waals surface area contributed by atoms with Crippen LogP contribution in [0.3, 0.4) is 0 Å². The van der Waals surface area contributed by atoms with E-state index in [-0.39, 0.29) is 17.5 Å². The molecule has 2 heterocycles. The summed E-state index contributed by atoms with van der Waals surface area (Å²) in [5.41, 5.74) is 0.393. The number of nitrogens with zero attached hydrogens (tertiary/aromatic N) is 3. The molecule has 0 spiro atoms. The number of benzene rings is 1. The van der Waals surface area contributed by atoms with Gasteiger partial charge in [-0.05, 0) is 18.2 Å². The van der Waals surface area contributed by atoms with Crippen molar-refractivity contribution in [3.05, 3.63) is 56.8 Å². The number of nitro groups is 1. The fourth-order valence-corrected chi connectivity index (χ4v) is 3.87. The highest BCUT2D eigenvalue weighted by Crippen LogP contribution is 2.34. The van der Waals surface area contributed by atoms with Crippen molar-refractivity contribution in [2.45, 2.75) is 10.1 Å². The van der Waals surface area contributed by atoms with Gasteiger partial charge < -0.3 is 4.42 Å². The maximum Gasteiger partial charge on any atom is 0.433 e. The summed E-state index contributed by atoms with van der Waals surface area (Å²) in [5.74, 6) is -0.165. The van der Waals surface area contributed by atoms with Crippen LogP contribution < -0.4 is 0 Å². The Morgan fingerprint density at radius 2 is 2.17 bits per heavy atom. The molecule has 3 rings (SSSR count). The van der Waals surface area contributed by atoms with Crippen molar-refractivity contribution in [1.82, 2.24) is 10.2 Å². The zero-order valence-electron chi connectivity index (χ0n) is 11.2. The van der Waals surface area contributed by atoms with E-state index in [2.05, 4.69) is 10.2 Å². The fourth-order valence-electron chi connectivity index (χ4n) is 1.71. The minimum Gasteiger partial charge on any atom is -0.398 e. The van der Waals surface area contributed by atoms with E-state index in [1.807, 2.05) is 0 Å². The third kappa shape index (κ3) is 3.52. The Bertz CT molecular complexity index is 848. The van der Waals surface area contributed by atoms with Gasteiger partial charge in [-0.25, -0.2) is 4.39 Å². The Labute approximate surface area is 142 Å². The number of aromatic nitrogens is 2. The molecule has 0 amide bonds. The highest BCUT2D eigenvalue weighted by Gasteiger charge is 2.17. The van der Waals surface area contributed by atoms with Crippen molar-refractivity contribution in [2.24, 2.45) is 0 Å². The highest BCUT2D eigenvalue weighted by molar-refractivity contribution is 8.00. The number of halogens is 2. The van der Waals surface area contributed by atoms with Gasteiger partial charge in [-0.15, -0.1) is 10.2 Å². The Morgan fingerprint density at radius 1 is 1.35 bits per heavy atom. The second kappa shape index (κ2) is 6.65. The lowest BCUT2D eigenvalue weighted by atomic mass is 10.2. The van der Waals surface area contributed by atoms with Gasteiger partial charge in [0.25, 0.3) is 0 Å². The van der Waals surface area contributed by atoms with Gasteiger partial charge in [-0.1, -0.05) is 40.8 Å². The minimum atomic E-state index is -0.625. The third-order valence-corrected chi connectivity index (χ3v) is 5.24. The predicted molar refractivity (Wildman–Crippen MR) is 85.2 cm³/mol. The first-order chi connectivity index (χ1) is 11.0. The van der Waals surface area contributed by atoms with E-state index in [1.165, 1.54) is 41.3 Å². The van der Waals surface area contributed by atoms with Crippen molar-refractivity contribution in [1.29, 1.82) is 0 Å². The van der Waals surface area contributed by atoms with Crippen LogP contribution in [-0.2, 0) is 5.75 Å². The molecule has 23 heavy (non-hydrogen) atoms. The van der Waals surface area contributed by atoms with Crippen LogP contribution in [0.4, 0.5) is 10.3 Å². The molecule has 10 heteroatoms. The van der Waals surface area contributed by atoms with E-state index in [0.717, 1.165) is 0 Å². The van der Waals surface area contributed by atoms with Gasteiger partial charge in [0.05, 0.1) is 6.07 Å². The fraction of sp³-hybridized carbons (Fsp3) is 0.0769. The van der Waals surface area contributed by atoms with Gasteiger partial charge in [0.2, 0.25) is 0 Å². The summed E-state index contributed by atoms with van der Waals surface area (Å²) >= 11 is 8.44. The number of hydrogen-bond donors (Lipinski definition) is 0. The molecule has 0 saturated heterocycles. The third-order valence-electron chi connectivity index (χ3n) is 2.79. The summed E-state index contributed by atoms with van der Waals surface area (Å²) in [4.78, 5) is 9.98. The Morgan fingerprint density at radius 3 is 2.87 bits per heavy atom. The van der Waals surface area contributed by atoms with E-state index in [1.54, 1.807) is 12.1 Å². The summed E-state index contributed by atoms with van der Waals surface area (Å²) in [5, 5.41) is 19.2. The molecule has 0 fully saturated rings. The van der Waals surface area contributed by atoms with Crippen molar-refractivity contribution in [3.8, 4) is 10.8 Å². The van der Waals surface area contributed by atoms with Crippen LogP contribution in [0.5, 0.6) is 0 Å². The maximum atomic E-state index is 13.7. The summed E-state index contributed by atoms with van der Waals surface area (Å²) in [6, 6.07) is 7.21. The second-order valence-corrected chi connectivity index (χ2v) is 6.86. The van der Waals surface area contributed by atoms with Crippen LogP contribution in [0.2, 0.25) is 5.02 Å². The van der Waals surface area contributed by atoms with E-state index in [4.69, 9.17) is 16.0 Å². The van der Waals surface area contributed by atoms with Crippen LogP contribution in [0.1, 0.15) is 5.56 Å². The molecule has 1 aromatic carbocycles. The summed E-state index contributed by atoms with van der Waals surface area (Å²) < 4.78 is 19.3. The number of rotatable bonds is 5. The van der Waals surface area contributed by atoms with E-state index in [0.29, 0.717) is 25.7 Å². The molecule has 6 nitrogen and oxygen atoms in total. The number of hydrogen-bond acceptors (Lipinski definition) is 7. The van der Waals surface area contributed by atoms with Crippen molar-refractivity contribution >= 4 is 40.6 Å². The summed E-state index contributed by atoms with van der Waals surface area (Å²) in [6.45, 7) is 0. The van der Waals surface area contributed by atoms with E-state index in [9.17, 15) is 14.5 Å². The molecule has 0 saturated carbocycles. The molecule has 0 atom stereocenters. The standard InChI is InChI=1S/C13H7ClFN3O3S2/c14-8-2-1-3-9(15)7(8)6-22-13-17-16-12(23-13)10-4-5-11(21-10)18(19)20/h1-5H,6H2. The van der Waals surface area contributed by atoms with E-state index < -0.39 is 4.92 Å². The molecule has 0 aliphatic carbocycles. The zero-order chi connectivity index (χ0) is 16.4. The molecular formula is C13H7ClFN3O3S2. The lowest BCUT2D eigenvalue weighted by Gasteiger charge is -2.03. The van der Waals surface area contributed by atoms with Gasteiger partial charge in [0.15, 0.2) is 15.1 Å². The lowest BCUT2D eigenvalue weighted by Crippen LogP contribution is -1.88. The zero-order valence-corrected chi connectivity index (χ0v) is 13.6. The van der Waals surface area contributed by atoms with Crippen molar-refractivity contribution in [3.63, 3.8) is 0 Å². The largest absolute Gasteiger partial charge is 0.433 e. The monoisotopic (exact) mass is 371 g/mol. The second-order valence-electron chi connectivity index (χ2n) is 4.26. The first-order valence-electron chi connectivity index (χ1n) is 6.18. The minimum absolute atomic E-state index is 0.268. The Kier molecular flexibility index (Phi) is 4.60. The van der Waals surface area contributed by atoms with Crippen molar-refractivity contribution in [2.75, 3.05) is 0 Å². The molecule has 0 unspecified atom stereocenters. The molecule has 2 aromatic heterocycles. The highest BCUT2D eigenvalue weighted by atomic mass is 35.5. The van der Waals surface area contributed by atoms with Gasteiger partial charge in [-0.3, -0.25) is 10.1 Å². The molecule has 0 N–H and O–H groups in total. The summed E-state index contributed by atoms with van der Waals surface area (Å²) in [7, 11) is 0. The van der Waals surface area contributed by atoms with Crippen LogP contribution >= 0.6 is 34.7 Å². The van der Waals surface area contributed by atoms with Crippen molar-refractivity contribution < 1.29 is 13.7 Å². The van der Waals surface area contributed by atoms with Gasteiger partial charge in [0, 0.05) is 16.3 Å². The van der Waals surface area contributed by atoms with Gasteiger partial charge in [0.1, 0.15) is 10.7 Å². The smallest absolute Gasteiger partial charge is 0.398 e. The summed E-state index contributed by atoms with van der Waals surface area (Å²) in [6.07, 6.45) is 0. The Balaban J connectivity index is 1.73. The first-order valence-corrected chi connectivity index (χ1v) is 8.36. The molecule has 0 aliphatic rings. The molecule has 0 aliphatic heterocycles. The van der Waals surface area contributed by atoms with Crippen LogP contribution in [0.25, 0.3) is 10.8 Å². The molecule has 0 radical (unpaired) electrons. The molecule has 3 aromatic rings. The normalized spacial score (nSPS) is 10.9. The van der Waals surface area contributed by atoms with Crippen LogP contribution in [-0.4, -0.2) is 15.1 Å². The lowest BCUT2D eigenvalue weighted by molar-refractivity contribution is -0.401. The molecule has 0 bridgehead atoms.